The number of rotatable bonds is 12. The van der Waals surface area contributed by atoms with Crippen molar-refractivity contribution in [3.8, 4) is 0 Å². The molecule has 2 aliphatic heterocycles. The van der Waals surface area contributed by atoms with E-state index in [0.717, 1.165) is 0 Å². The van der Waals surface area contributed by atoms with Gasteiger partial charge in [0.1, 0.15) is 12.6 Å². The maximum Gasteiger partial charge on any atom is 1.00 e. The number of esters is 1. The molecule has 13 nitrogen and oxygen atoms in total. The second kappa shape index (κ2) is 27.2. The van der Waals surface area contributed by atoms with Crippen LogP contribution in [0.3, 0.4) is 0 Å². The second-order valence-corrected chi connectivity index (χ2v) is 7.31. The van der Waals surface area contributed by atoms with Crippen molar-refractivity contribution < 1.29 is 82.2 Å². The van der Waals surface area contributed by atoms with E-state index in [1.165, 1.54) is 18.6 Å². The minimum absolute atomic E-state index is 0. The predicted octanol–water partition coefficient (Wildman–Crippen LogP) is -0.440. The third kappa shape index (κ3) is 20.2. The first-order valence-corrected chi connectivity index (χ1v) is 11.6. The van der Waals surface area contributed by atoms with Crippen LogP contribution < -0.4 is 18.9 Å². The van der Waals surface area contributed by atoms with Crippen LogP contribution in [-0.2, 0) is 47.7 Å². The van der Waals surface area contributed by atoms with E-state index < -0.39 is 30.1 Å². The van der Waals surface area contributed by atoms with Crippen molar-refractivity contribution in [3.05, 3.63) is 24.7 Å². The molecule has 4 atom stereocenters. The van der Waals surface area contributed by atoms with Crippen molar-refractivity contribution in [2.24, 2.45) is 17.8 Å². The minimum Gasteiger partial charge on any atom is -0.870 e. The number of halogens is 1. The van der Waals surface area contributed by atoms with E-state index in [-0.39, 0.29) is 67.8 Å². The smallest absolute Gasteiger partial charge is 0.870 e. The summed E-state index contributed by atoms with van der Waals surface area (Å²) in [4.78, 5) is 51.7. The Morgan fingerprint density at radius 2 is 1.31 bits per heavy atom. The average molecular weight is 577 g/mol. The van der Waals surface area contributed by atoms with E-state index in [1.54, 1.807) is 13.0 Å². The van der Waals surface area contributed by atoms with Crippen LogP contribution in [0.4, 0.5) is 0 Å². The molecule has 0 radical (unpaired) electrons. The van der Waals surface area contributed by atoms with Gasteiger partial charge in [0.15, 0.2) is 12.6 Å². The molecule has 0 fully saturated rings. The van der Waals surface area contributed by atoms with Crippen molar-refractivity contribution in [2.75, 3.05) is 19.8 Å². The van der Waals surface area contributed by atoms with E-state index in [9.17, 15) is 24.0 Å². The molecule has 15 heteroatoms. The topological polar surface area (TPSA) is 202 Å². The monoisotopic (exact) mass is 576 g/mol. The molecular formula is C24H38ClLiO13. The molecule has 2 aliphatic rings. The zero-order valence-electron chi connectivity index (χ0n) is 22.6. The fourth-order valence-corrected chi connectivity index (χ4v) is 2.86. The predicted molar refractivity (Wildman–Crippen MR) is 133 cm³/mol. The third-order valence-electron chi connectivity index (χ3n) is 4.70. The van der Waals surface area contributed by atoms with Crippen molar-refractivity contribution >= 4 is 42.9 Å². The Labute approximate surface area is 246 Å². The van der Waals surface area contributed by atoms with E-state index in [4.69, 9.17) is 33.9 Å². The summed E-state index contributed by atoms with van der Waals surface area (Å²) in [6.07, 6.45) is 7.15. The number of ether oxygens (including phenoxy) is 5. The van der Waals surface area contributed by atoms with Gasteiger partial charge in [0.05, 0.1) is 36.9 Å². The summed E-state index contributed by atoms with van der Waals surface area (Å²) in [5.41, 5.74) is 0. The first kappa shape index (κ1) is 43.6. The van der Waals surface area contributed by atoms with Crippen LogP contribution >= 0.6 is 12.4 Å². The van der Waals surface area contributed by atoms with Gasteiger partial charge in [-0.05, 0) is 32.9 Å². The summed E-state index contributed by atoms with van der Waals surface area (Å²) in [6.45, 7) is 7.04. The third-order valence-corrected chi connectivity index (χ3v) is 4.70. The first-order chi connectivity index (χ1) is 17.2. The molecule has 39 heavy (non-hydrogen) atoms. The van der Waals surface area contributed by atoms with Gasteiger partial charge in [0.25, 0.3) is 0 Å². The SMILES string of the molecule is CCOC(=O)C1C=COC(OCC)C1.CCOC1CC(C(=O)O)C=CO1.Cl.O=CCC(CC=O)C(=O)O.[Li+].[OH-]. The van der Waals surface area contributed by atoms with Crippen LogP contribution in [0, 0.1) is 17.8 Å². The number of aldehydes is 2. The first-order valence-electron chi connectivity index (χ1n) is 11.6. The Hall–Kier alpha value is -2.40. The molecule has 0 saturated carbocycles. The second-order valence-electron chi connectivity index (χ2n) is 7.31. The molecule has 220 valence electrons. The number of carbonyl (C=O) groups excluding carboxylic acids is 3. The fraction of sp³-hybridized carbons (Fsp3) is 0.625. The molecule has 3 N–H and O–H groups in total. The summed E-state index contributed by atoms with van der Waals surface area (Å²) < 4.78 is 25.5. The van der Waals surface area contributed by atoms with Crippen LogP contribution in [0.5, 0.6) is 0 Å². The molecule has 0 aromatic rings. The number of carboxylic acids is 2. The molecule has 0 aliphatic carbocycles. The Kier molecular flexibility index (Phi) is 30.4. The minimum atomic E-state index is -1.10. The van der Waals surface area contributed by atoms with E-state index in [1.807, 2.05) is 13.8 Å². The maximum atomic E-state index is 11.4. The largest absolute Gasteiger partial charge is 1.00 e. The molecule has 0 bridgehead atoms. The summed E-state index contributed by atoms with van der Waals surface area (Å²) in [7, 11) is 0. The Balaban J connectivity index is -0.000000230. The van der Waals surface area contributed by atoms with Gasteiger partial charge in [-0.25, -0.2) is 0 Å². The number of aliphatic carboxylic acids is 2. The quantitative estimate of drug-likeness (QED) is 0.172. The molecule has 0 amide bonds. The van der Waals surface area contributed by atoms with Gasteiger partial charge in [-0.3, -0.25) is 14.4 Å². The molecule has 0 aromatic heterocycles. The van der Waals surface area contributed by atoms with Gasteiger partial charge >= 0.3 is 36.8 Å². The number of carboxylic acid groups (broad SMARTS) is 2. The van der Waals surface area contributed by atoms with Crippen LogP contribution in [0.2, 0.25) is 0 Å². The Bertz CT molecular complexity index is 738. The summed E-state index contributed by atoms with van der Waals surface area (Å²) in [5.74, 6) is -3.69. The molecule has 0 spiro atoms. The van der Waals surface area contributed by atoms with Gasteiger partial charge in [0.2, 0.25) is 0 Å². The standard InChI is InChI=1S/C10H16O4.C8H12O4.C6H8O4.ClH.Li.H2O/c1-3-12-9-7-8(5-6-14-9)10(11)13-4-2;1-2-11-7-5-6(8(9)10)3-4-12-7;7-3-1-5(2-4-8)6(9)10;;;/h5-6,8-9H,3-4,7H2,1-2H3;3-4,6-7H,2,5H2,1H3,(H,9,10);3-5H,1-2H2,(H,9,10);1H;;1H2/q;;;;+1;/p-1. The molecule has 2 heterocycles. The van der Waals surface area contributed by atoms with Crippen molar-refractivity contribution in [2.45, 2.75) is 59.0 Å². The van der Waals surface area contributed by atoms with Gasteiger partial charge in [-0.1, -0.05) is 0 Å². The Morgan fingerprint density at radius 1 is 0.872 bits per heavy atom. The fourth-order valence-electron chi connectivity index (χ4n) is 2.86. The van der Waals surface area contributed by atoms with Crippen LogP contribution in [0.15, 0.2) is 24.7 Å². The van der Waals surface area contributed by atoms with E-state index >= 15 is 0 Å². The normalized spacial score (nSPS) is 20.2. The van der Waals surface area contributed by atoms with Crippen molar-refractivity contribution in [3.63, 3.8) is 0 Å². The van der Waals surface area contributed by atoms with Gasteiger partial charge in [-0.2, -0.15) is 0 Å². The number of carbonyl (C=O) groups is 5. The van der Waals surface area contributed by atoms with Gasteiger partial charge in [0, 0.05) is 38.9 Å². The number of hydrogen-bond acceptors (Lipinski definition) is 11. The number of hydrogen-bond donors (Lipinski definition) is 2. The van der Waals surface area contributed by atoms with Crippen molar-refractivity contribution in [1.82, 2.24) is 0 Å². The molecule has 0 saturated heterocycles. The Morgan fingerprint density at radius 3 is 1.67 bits per heavy atom. The van der Waals surface area contributed by atoms with E-state index in [0.29, 0.717) is 45.2 Å². The molecule has 2 rings (SSSR count). The molecule has 0 aromatic carbocycles. The van der Waals surface area contributed by atoms with Crippen LogP contribution in [-0.4, -0.2) is 78.6 Å². The van der Waals surface area contributed by atoms with Crippen molar-refractivity contribution in [1.29, 1.82) is 0 Å². The zero-order chi connectivity index (χ0) is 27.3. The average Bonchev–Trinajstić information content (AvgIpc) is 2.85. The van der Waals surface area contributed by atoms with Gasteiger partial charge < -0.3 is 49.0 Å². The summed E-state index contributed by atoms with van der Waals surface area (Å²) >= 11 is 0. The van der Waals surface area contributed by atoms with Crippen LogP contribution in [0.25, 0.3) is 0 Å². The molecular weight excluding hydrogens is 539 g/mol. The van der Waals surface area contributed by atoms with Gasteiger partial charge in [-0.15, -0.1) is 12.4 Å². The summed E-state index contributed by atoms with van der Waals surface area (Å²) in [6, 6.07) is 0. The summed E-state index contributed by atoms with van der Waals surface area (Å²) in [5, 5.41) is 17.0. The zero-order valence-corrected chi connectivity index (χ0v) is 23.4. The van der Waals surface area contributed by atoms with E-state index in [2.05, 4.69) is 0 Å². The maximum absolute atomic E-state index is 11.4. The van der Waals surface area contributed by atoms with Crippen LogP contribution in [0.1, 0.15) is 46.5 Å². The molecule has 4 unspecified atom stereocenters.